The summed E-state index contributed by atoms with van der Waals surface area (Å²) in [7, 11) is 0. The molecule has 2 aliphatic heterocycles. The number of carboxylic acid groups (broad SMARTS) is 1. The molecule has 0 spiro atoms. The Balaban J connectivity index is 1.58. The maximum absolute atomic E-state index is 13.1. The summed E-state index contributed by atoms with van der Waals surface area (Å²) in [5, 5.41) is 11.8. The van der Waals surface area contributed by atoms with Gasteiger partial charge in [-0.15, -0.1) is 11.3 Å². The molecule has 0 saturated carbocycles. The summed E-state index contributed by atoms with van der Waals surface area (Å²) < 4.78 is 12.1. The molecule has 0 radical (unpaired) electrons. The minimum absolute atomic E-state index is 0.129. The highest BCUT2D eigenvalue weighted by Gasteiger charge is 2.33. The number of rotatable bonds is 9. The standard InChI is InChI=1S/C23H21Cl2NO5S3/c24-13-5-6-16(25)14(10-13)15-12-33-17(20(15)22-30-8-9-31-22)11-18-21(29)26(23(32)34-18)7-3-1-2-4-19(27)28/h5-6,10-12,22H,1-4,7-9H2,(H,27,28)/b18-11-. The van der Waals surface area contributed by atoms with E-state index < -0.39 is 12.3 Å². The first-order valence-corrected chi connectivity index (χ1v) is 13.5. The van der Waals surface area contributed by atoms with Gasteiger partial charge in [-0.1, -0.05) is 53.6 Å². The molecular weight excluding hydrogens is 537 g/mol. The molecule has 3 heterocycles. The van der Waals surface area contributed by atoms with Gasteiger partial charge in [-0.3, -0.25) is 14.5 Å². The van der Waals surface area contributed by atoms with Gasteiger partial charge < -0.3 is 14.6 Å². The third-order valence-corrected chi connectivity index (χ3v) is 8.23. The molecule has 2 saturated heterocycles. The molecule has 34 heavy (non-hydrogen) atoms. The first-order chi connectivity index (χ1) is 16.3. The number of benzene rings is 1. The molecule has 1 N–H and O–H groups in total. The minimum Gasteiger partial charge on any atom is -0.481 e. The van der Waals surface area contributed by atoms with Gasteiger partial charge in [0.2, 0.25) is 0 Å². The lowest BCUT2D eigenvalue weighted by atomic mass is 10.0. The second-order valence-electron chi connectivity index (χ2n) is 7.66. The Labute approximate surface area is 220 Å². The lowest BCUT2D eigenvalue weighted by molar-refractivity contribution is -0.137. The van der Waals surface area contributed by atoms with Crippen molar-refractivity contribution in [1.82, 2.24) is 4.90 Å². The van der Waals surface area contributed by atoms with Gasteiger partial charge in [0.25, 0.3) is 5.91 Å². The second kappa shape index (κ2) is 11.5. The number of thiophene rings is 1. The molecule has 0 bridgehead atoms. The molecule has 11 heteroatoms. The Morgan fingerprint density at radius 2 is 1.97 bits per heavy atom. The Hall–Kier alpha value is -1.46. The van der Waals surface area contributed by atoms with Crippen LogP contribution in [0.1, 0.15) is 42.4 Å². The number of unbranched alkanes of at least 4 members (excludes halogenated alkanes) is 2. The first kappa shape index (κ1) is 25.6. The summed E-state index contributed by atoms with van der Waals surface area (Å²) >= 11 is 20.9. The van der Waals surface area contributed by atoms with Crippen LogP contribution in [-0.4, -0.2) is 46.0 Å². The number of carbonyl (C=O) groups is 2. The van der Waals surface area contributed by atoms with Gasteiger partial charge in [0.05, 0.1) is 18.1 Å². The summed E-state index contributed by atoms with van der Waals surface area (Å²) in [5.41, 5.74) is 2.43. The quantitative estimate of drug-likeness (QED) is 0.211. The highest BCUT2D eigenvalue weighted by atomic mass is 35.5. The average Bonchev–Trinajstić information content (AvgIpc) is 3.51. The van der Waals surface area contributed by atoms with E-state index in [-0.39, 0.29) is 12.3 Å². The molecule has 1 aromatic heterocycles. The maximum Gasteiger partial charge on any atom is 0.303 e. The third kappa shape index (κ3) is 5.84. The van der Waals surface area contributed by atoms with Gasteiger partial charge in [0, 0.05) is 44.6 Å². The first-order valence-electron chi connectivity index (χ1n) is 10.6. The lowest BCUT2D eigenvalue weighted by Gasteiger charge is -2.14. The van der Waals surface area contributed by atoms with Crippen LogP contribution in [0.25, 0.3) is 17.2 Å². The molecule has 6 nitrogen and oxygen atoms in total. The molecule has 0 atom stereocenters. The fourth-order valence-electron chi connectivity index (χ4n) is 3.71. The summed E-state index contributed by atoms with van der Waals surface area (Å²) in [6.07, 6.45) is 3.38. The number of thiocarbonyl (C=S) groups is 1. The zero-order valence-corrected chi connectivity index (χ0v) is 21.9. The van der Waals surface area contributed by atoms with Crippen molar-refractivity contribution in [3.05, 3.63) is 49.0 Å². The van der Waals surface area contributed by atoms with Crippen LogP contribution >= 0.6 is 58.5 Å². The normalized spacial score (nSPS) is 17.9. The maximum atomic E-state index is 13.1. The summed E-state index contributed by atoms with van der Waals surface area (Å²) in [6, 6.07) is 5.28. The number of hydrogen-bond donors (Lipinski definition) is 1. The van der Waals surface area contributed by atoms with E-state index >= 15 is 0 Å². The van der Waals surface area contributed by atoms with Gasteiger partial charge in [-0.2, -0.15) is 0 Å². The number of carbonyl (C=O) groups excluding carboxylic acids is 1. The molecular formula is C23H21Cl2NO5S3. The van der Waals surface area contributed by atoms with E-state index in [1.165, 1.54) is 23.1 Å². The highest BCUT2D eigenvalue weighted by Crippen LogP contribution is 2.44. The largest absolute Gasteiger partial charge is 0.481 e. The van der Waals surface area contributed by atoms with Crippen LogP contribution in [0, 0.1) is 0 Å². The van der Waals surface area contributed by atoms with Crippen molar-refractivity contribution in [3.63, 3.8) is 0 Å². The fraction of sp³-hybridized carbons (Fsp3) is 0.348. The molecule has 180 valence electrons. The van der Waals surface area contributed by atoms with Gasteiger partial charge >= 0.3 is 5.97 Å². The van der Waals surface area contributed by atoms with Crippen molar-refractivity contribution in [2.24, 2.45) is 0 Å². The highest BCUT2D eigenvalue weighted by molar-refractivity contribution is 8.26. The van der Waals surface area contributed by atoms with Crippen LogP contribution in [0.15, 0.2) is 28.5 Å². The molecule has 0 aliphatic carbocycles. The van der Waals surface area contributed by atoms with Gasteiger partial charge in [0.15, 0.2) is 6.29 Å². The van der Waals surface area contributed by atoms with E-state index in [0.29, 0.717) is 51.9 Å². The van der Waals surface area contributed by atoms with Crippen molar-refractivity contribution in [2.45, 2.75) is 32.0 Å². The van der Waals surface area contributed by atoms with Crippen LogP contribution < -0.4 is 0 Å². The smallest absolute Gasteiger partial charge is 0.303 e. The van der Waals surface area contributed by atoms with Gasteiger partial charge in [-0.25, -0.2) is 0 Å². The molecule has 4 rings (SSSR count). The average molecular weight is 559 g/mol. The number of aliphatic carboxylic acids is 1. The number of hydrogen-bond acceptors (Lipinski definition) is 7. The molecule has 0 unspecified atom stereocenters. The van der Waals surface area contributed by atoms with Crippen LogP contribution in [0.3, 0.4) is 0 Å². The van der Waals surface area contributed by atoms with Crippen LogP contribution in [0.5, 0.6) is 0 Å². The Kier molecular flexibility index (Phi) is 8.68. The van der Waals surface area contributed by atoms with Crippen molar-refractivity contribution in [3.8, 4) is 11.1 Å². The number of ether oxygens (including phenoxy) is 2. The predicted molar refractivity (Wildman–Crippen MR) is 140 cm³/mol. The van der Waals surface area contributed by atoms with Crippen molar-refractivity contribution < 1.29 is 24.2 Å². The predicted octanol–water partition coefficient (Wildman–Crippen LogP) is 6.61. The van der Waals surface area contributed by atoms with E-state index in [9.17, 15) is 9.59 Å². The van der Waals surface area contributed by atoms with E-state index in [4.69, 9.17) is 50.0 Å². The lowest BCUT2D eigenvalue weighted by Crippen LogP contribution is -2.29. The summed E-state index contributed by atoms with van der Waals surface area (Å²) in [4.78, 5) is 26.7. The number of nitrogens with zero attached hydrogens (tertiary/aromatic N) is 1. The number of carboxylic acids is 1. The van der Waals surface area contributed by atoms with E-state index in [1.807, 2.05) is 11.5 Å². The van der Waals surface area contributed by atoms with Crippen molar-refractivity contribution in [2.75, 3.05) is 19.8 Å². The molecule has 2 fully saturated rings. The summed E-state index contributed by atoms with van der Waals surface area (Å²) in [6.45, 7) is 1.43. The molecule has 2 aliphatic rings. The monoisotopic (exact) mass is 557 g/mol. The third-order valence-electron chi connectivity index (χ3n) is 5.34. The van der Waals surface area contributed by atoms with Gasteiger partial charge in [-0.05, 0) is 42.5 Å². The zero-order valence-electron chi connectivity index (χ0n) is 17.9. The van der Waals surface area contributed by atoms with Crippen LogP contribution in [0.4, 0.5) is 0 Å². The van der Waals surface area contributed by atoms with Gasteiger partial charge in [0.1, 0.15) is 4.32 Å². The van der Waals surface area contributed by atoms with E-state index in [2.05, 4.69) is 0 Å². The molecule has 1 aromatic carbocycles. The Bertz CT molecular complexity index is 1140. The van der Waals surface area contributed by atoms with E-state index in [0.717, 1.165) is 28.0 Å². The number of halogens is 2. The van der Waals surface area contributed by atoms with Crippen LogP contribution in [-0.2, 0) is 19.1 Å². The second-order valence-corrected chi connectivity index (χ2v) is 11.1. The fourth-order valence-corrected chi connectivity index (χ4v) is 6.48. The van der Waals surface area contributed by atoms with E-state index in [1.54, 1.807) is 23.1 Å². The number of thioether (sulfide) groups is 1. The zero-order chi connectivity index (χ0) is 24.2. The molecule has 2 aromatic rings. The topological polar surface area (TPSA) is 76.1 Å². The Morgan fingerprint density at radius 3 is 2.71 bits per heavy atom. The molecule has 1 amide bonds. The minimum atomic E-state index is -0.811. The Morgan fingerprint density at radius 1 is 1.21 bits per heavy atom. The SMILES string of the molecule is O=C(O)CCCCCN1C(=O)/C(=C/c2scc(-c3cc(Cl)ccc3Cl)c2C2OCCO2)SC1=S. The van der Waals surface area contributed by atoms with Crippen molar-refractivity contribution in [1.29, 1.82) is 0 Å². The summed E-state index contributed by atoms with van der Waals surface area (Å²) in [5.74, 6) is -0.961. The van der Waals surface area contributed by atoms with Crippen molar-refractivity contribution >= 4 is 80.8 Å². The number of amides is 1. The van der Waals surface area contributed by atoms with Crippen LogP contribution in [0.2, 0.25) is 10.0 Å².